The van der Waals surface area contributed by atoms with E-state index in [0.29, 0.717) is 11.3 Å². The van der Waals surface area contributed by atoms with E-state index in [0.717, 1.165) is 6.07 Å². The average Bonchev–Trinajstić information content (AvgIpc) is 3.19. The van der Waals surface area contributed by atoms with Crippen molar-refractivity contribution in [2.45, 2.75) is 32.6 Å². The van der Waals surface area contributed by atoms with Crippen molar-refractivity contribution in [1.82, 2.24) is 4.90 Å². The molecular weight excluding hydrogens is 535 g/mol. The molecule has 204 valence electrons. The highest BCUT2D eigenvalue weighted by molar-refractivity contribution is 6.33. The number of benzene rings is 3. The lowest BCUT2D eigenvalue weighted by Gasteiger charge is -2.28. The molecule has 2 N–H and O–H groups in total. The third-order valence-corrected chi connectivity index (χ3v) is 6.70. The Morgan fingerprint density at radius 2 is 1.72 bits per heavy atom. The van der Waals surface area contributed by atoms with Gasteiger partial charge in [0.25, 0.3) is 5.91 Å². The quantitative estimate of drug-likeness (QED) is 0.324. The van der Waals surface area contributed by atoms with Crippen molar-refractivity contribution in [1.29, 1.82) is 0 Å². The molecule has 7 nitrogen and oxygen atoms in total. The van der Waals surface area contributed by atoms with Gasteiger partial charge in [0, 0.05) is 17.8 Å². The molecular formula is C28H25ClF3N3O4. The molecule has 11 heteroatoms. The van der Waals surface area contributed by atoms with Crippen molar-refractivity contribution >= 4 is 40.9 Å². The van der Waals surface area contributed by atoms with E-state index in [1.807, 2.05) is 0 Å². The van der Waals surface area contributed by atoms with Crippen LogP contribution in [0.5, 0.6) is 0 Å². The highest BCUT2D eigenvalue weighted by atomic mass is 35.5. The molecule has 0 unspecified atom stereocenters. The third-order valence-electron chi connectivity index (χ3n) is 6.37. The standard InChI is InChI=1S/C28H25ClF3N3O4/c1-15(2)24(26(37)39-3)35-14-17-9-8-16(12-20(17)25(35)36)19-11-10-18(13-21(19)28(30,31)32)33-27(38)34-23-7-5-4-6-22(23)29/h4-13,15,24H,14H2,1-3H3,(H2,33,34,38)/t24-/m0/s1. The van der Waals surface area contributed by atoms with Crippen LogP contribution in [0.3, 0.4) is 0 Å². The first kappa shape index (κ1) is 28.0. The van der Waals surface area contributed by atoms with E-state index in [1.165, 1.54) is 36.3 Å². The molecule has 1 aliphatic rings. The molecule has 0 aliphatic carbocycles. The second-order valence-electron chi connectivity index (χ2n) is 9.33. The predicted molar refractivity (Wildman–Crippen MR) is 141 cm³/mol. The minimum Gasteiger partial charge on any atom is -0.467 e. The number of urea groups is 1. The predicted octanol–water partition coefficient (Wildman–Crippen LogP) is 6.82. The van der Waals surface area contributed by atoms with E-state index in [-0.39, 0.29) is 39.9 Å². The molecule has 4 rings (SSSR count). The van der Waals surface area contributed by atoms with Crippen molar-refractivity contribution in [3.63, 3.8) is 0 Å². The summed E-state index contributed by atoms with van der Waals surface area (Å²) >= 11 is 6.02. The number of carbonyl (C=O) groups excluding carboxylic acids is 3. The lowest BCUT2D eigenvalue weighted by molar-refractivity contribution is -0.147. The Labute approximate surface area is 227 Å². The number of alkyl halides is 3. The Balaban J connectivity index is 1.63. The number of hydrogen-bond acceptors (Lipinski definition) is 4. The number of esters is 1. The maximum atomic E-state index is 14.1. The summed E-state index contributed by atoms with van der Waals surface area (Å²) in [6.07, 6.45) is -4.76. The Morgan fingerprint density at radius 1 is 1.00 bits per heavy atom. The second-order valence-corrected chi connectivity index (χ2v) is 9.74. The topological polar surface area (TPSA) is 87.7 Å². The number of ether oxygens (including phenoxy) is 1. The molecule has 39 heavy (non-hydrogen) atoms. The molecule has 0 radical (unpaired) electrons. The van der Waals surface area contributed by atoms with Gasteiger partial charge in [-0.25, -0.2) is 9.59 Å². The first-order valence-electron chi connectivity index (χ1n) is 12.0. The SMILES string of the molecule is COC(=O)[C@H](C(C)C)N1Cc2ccc(-c3ccc(NC(=O)Nc4ccccc4Cl)cc3C(F)(F)F)cc2C1=O. The van der Waals surface area contributed by atoms with Crippen LogP contribution >= 0.6 is 11.6 Å². The number of halogens is 4. The summed E-state index contributed by atoms with van der Waals surface area (Å²) in [5.74, 6) is -1.26. The van der Waals surface area contributed by atoms with Crippen LogP contribution in [0.1, 0.15) is 35.3 Å². The van der Waals surface area contributed by atoms with Crippen LogP contribution in [-0.2, 0) is 22.3 Å². The van der Waals surface area contributed by atoms with Crippen LogP contribution in [-0.4, -0.2) is 36.0 Å². The first-order chi connectivity index (χ1) is 18.4. The van der Waals surface area contributed by atoms with E-state index in [4.69, 9.17) is 16.3 Å². The van der Waals surface area contributed by atoms with Crippen molar-refractivity contribution in [3.8, 4) is 11.1 Å². The zero-order valence-corrected chi connectivity index (χ0v) is 22.0. The van der Waals surface area contributed by atoms with Gasteiger partial charge in [-0.1, -0.05) is 55.8 Å². The third kappa shape index (κ3) is 5.85. The van der Waals surface area contributed by atoms with E-state index < -0.39 is 35.7 Å². The van der Waals surface area contributed by atoms with Gasteiger partial charge in [0.2, 0.25) is 0 Å². The summed E-state index contributed by atoms with van der Waals surface area (Å²) in [6, 6.07) is 12.7. The molecule has 0 fully saturated rings. The van der Waals surface area contributed by atoms with Crippen LogP contribution < -0.4 is 10.6 Å². The Kier molecular flexibility index (Phi) is 7.87. The van der Waals surface area contributed by atoms with Gasteiger partial charge in [0.1, 0.15) is 6.04 Å². The van der Waals surface area contributed by atoms with Crippen LogP contribution in [0.4, 0.5) is 29.3 Å². The number of fused-ring (bicyclic) bond motifs is 1. The van der Waals surface area contributed by atoms with Crippen molar-refractivity contribution in [3.05, 3.63) is 82.4 Å². The molecule has 0 aromatic heterocycles. The summed E-state index contributed by atoms with van der Waals surface area (Å²) < 4.78 is 47.2. The van der Waals surface area contributed by atoms with Gasteiger partial charge in [-0.05, 0) is 52.9 Å². The smallest absolute Gasteiger partial charge is 0.417 e. The maximum absolute atomic E-state index is 14.1. The molecule has 0 bridgehead atoms. The number of hydrogen-bond donors (Lipinski definition) is 2. The van der Waals surface area contributed by atoms with Gasteiger partial charge in [0.15, 0.2) is 0 Å². The van der Waals surface area contributed by atoms with Crippen LogP contribution in [0.25, 0.3) is 11.1 Å². The molecule has 3 aromatic rings. The van der Waals surface area contributed by atoms with E-state index in [1.54, 1.807) is 44.2 Å². The monoisotopic (exact) mass is 559 g/mol. The van der Waals surface area contributed by atoms with Gasteiger partial charge in [0.05, 0.1) is 23.4 Å². The number of methoxy groups -OCH3 is 1. The zero-order chi connectivity index (χ0) is 28.5. The van der Waals surface area contributed by atoms with Crippen LogP contribution in [0.2, 0.25) is 5.02 Å². The molecule has 1 heterocycles. The van der Waals surface area contributed by atoms with Crippen molar-refractivity contribution in [2.75, 3.05) is 17.7 Å². The van der Waals surface area contributed by atoms with Gasteiger partial charge in [-0.15, -0.1) is 0 Å². The number of para-hydroxylation sites is 1. The highest BCUT2D eigenvalue weighted by Crippen LogP contribution is 2.40. The summed E-state index contributed by atoms with van der Waals surface area (Å²) in [5, 5.41) is 5.15. The van der Waals surface area contributed by atoms with E-state index in [2.05, 4.69) is 10.6 Å². The molecule has 3 amide bonds. The van der Waals surface area contributed by atoms with E-state index in [9.17, 15) is 27.6 Å². The lowest BCUT2D eigenvalue weighted by atomic mass is 9.95. The fraction of sp³-hybridized carbons (Fsp3) is 0.250. The summed E-state index contributed by atoms with van der Waals surface area (Å²) in [7, 11) is 1.24. The average molecular weight is 560 g/mol. The zero-order valence-electron chi connectivity index (χ0n) is 21.2. The van der Waals surface area contributed by atoms with Crippen molar-refractivity contribution < 1.29 is 32.3 Å². The van der Waals surface area contributed by atoms with Crippen LogP contribution in [0.15, 0.2) is 60.7 Å². The fourth-order valence-corrected chi connectivity index (χ4v) is 4.73. The van der Waals surface area contributed by atoms with Crippen molar-refractivity contribution in [2.24, 2.45) is 5.92 Å². The Bertz CT molecular complexity index is 1440. The molecule has 0 spiro atoms. The number of nitrogens with one attached hydrogen (secondary N) is 2. The lowest BCUT2D eigenvalue weighted by Crippen LogP contribution is -2.45. The maximum Gasteiger partial charge on any atom is 0.417 e. The number of carbonyl (C=O) groups is 3. The van der Waals surface area contributed by atoms with Gasteiger partial charge < -0.3 is 20.3 Å². The molecule has 1 aliphatic heterocycles. The minimum atomic E-state index is -4.76. The van der Waals surface area contributed by atoms with Gasteiger partial charge in [-0.3, -0.25) is 4.79 Å². The summed E-state index contributed by atoms with van der Waals surface area (Å²) in [6.45, 7) is 3.70. The van der Waals surface area contributed by atoms with Crippen LogP contribution in [0, 0.1) is 5.92 Å². The number of rotatable bonds is 6. The second kappa shape index (κ2) is 11.0. The number of nitrogens with zero attached hydrogens (tertiary/aromatic N) is 1. The highest BCUT2D eigenvalue weighted by Gasteiger charge is 2.39. The minimum absolute atomic E-state index is 0.0862. The molecule has 0 saturated heterocycles. The Hall–Kier alpha value is -4.05. The number of amides is 3. The molecule has 3 aromatic carbocycles. The summed E-state index contributed by atoms with van der Waals surface area (Å²) in [4.78, 5) is 39.3. The Morgan fingerprint density at radius 3 is 2.36 bits per heavy atom. The largest absolute Gasteiger partial charge is 0.467 e. The van der Waals surface area contributed by atoms with Gasteiger partial charge in [-0.2, -0.15) is 13.2 Å². The summed E-state index contributed by atoms with van der Waals surface area (Å²) in [5.41, 5.74) is 0.0438. The number of anilines is 2. The van der Waals surface area contributed by atoms with Gasteiger partial charge >= 0.3 is 18.2 Å². The normalized spacial score (nSPS) is 13.7. The fourth-order valence-electron chi connectivity index (χ4n) is 4.55. The first-order valence-corrected chi connectivity index (χ1v) is 12.3. The van der Waals surface area contributed by atoms with E-state index >= 15 is 0 Å². The molecule has 0 saturated carbocycles. The molecule has 1 atom stereocenters.